The summed E-state index contributed by atoms with van der Waals surface area (Å²) in [6.45, 7) is -0.198. The van der Waals surface area contributed by atoms with Gasteiger partial charge in [-0.25, -0.2) is 4.79 Å². The summed E-state index contributed by atoms with van der Waals surface area (Å²) in [5.41, 5.74) is 0. The lowest BCUT2D eigenvalue weighted by Crippen LogP contribution is -2.12. The van der Waals surface area contributed by atoms with Gasteiger partial charge in [0.15, 0.2) is 12.4 Å². The van der Waals surface area contributed by atoms with E-state index in [1.165, 1.54) is 13.2 Å². The standard InChI is InChI=1S/C9H7BrCl2O3/c1-14-8(13)4-15-9-6(10)2-5(11)3-7(9)12/h2-3H,4H2,1H3. The van der Waals surface area contributed by atoms with Crippen LogP contribution in [-0.4, -0.2) is 19.7 Å². The molecule has 0 radical (unpaired) electrons. The van der Waals surface area contributed by atoms with Gasteiger partial charge >= 0.3 is 5.97 Å². The Kier molecular flexibility index (Phi) is 4.70. The maximum absolute atomic E-state index is 10.8. The lowest BCUT2D eigenvalue weighted by Gasteiger charge is -2.09. The average molecular weight is 314 g/mol. The summed E-state index contributed by atoms with van der Waals surface area (Å²) in [5, 5.41) is 0.815. The fourth-order valence-corrected chi connectivity index (χ4v) is 2.23. The number of hydrogen-bond acceptors (Lipinski definition) is 3. The van der Waals surface area contributed by atoms with E-state index in [2.05, 4.69) is 20.7 Å². The van der Waals surface area contributed by atoms with E-state index in [9.17, 15) is 4.79 Å². The van der Waals surface area contributed by atoms with Crippen LogP contribution in [0, 0.1) is 0 Å². The number of carbonyl (C=O) groups excluding carboxylic acids is 1. The number of ether oxygens (including phenoxy) is 2. The molecular weight excluding hydrogens is 307 g/mol. The molecule has 1 aromatic rings. The molecule has 1 aromatic carbocycles. The second kappa shape index (κ2) is 5.58. The Labute approximate surface area is 105 Å². The molecule has 0 saturated carbocycles. The van der Waals surface area contributed by atoms with Crippen LogP contribution in [-0.2, 0) is 9.53 Å². The topological polar surface area (TPSA) is 35.5 Å². The quantitative estimate of drug-likeness (QED) is 0.803. The number of benzene rings is 1. The van der Waals surface area contributed by atoms with Crippen molar-refractivity contribution in [2.24, 2.45) is 0 Å². The average Bonchev–Trinajstić information content (AvgIpc) is 2.15. The molecule has 0 saturated heterocycles. The Morgan fingerprint density at radius 3 is 2.67 bits per heavy atom. The van der Waals surface area contributed by atoms with Gasteiger partial charge in [-0.3, -0.25) is 0 Å². The zero-order valence-corrected chi connectivity index (χ0v) is 10.8. The van der Waals surface area contributed by atoms with E-state index in [1.807, 2.05) is 0 Å². The van der Waals surface area contributed by atoms with E-state index in [-0.39, 0.29) is 6.61 Å². The lowest BCUT2D eigenvalue weighted by atomic mass is 10.3. The van der Waals surface area contributed by atoms with Crippen LogP contribution < -0.4 is 4.74 Å². The zero-order chi connectivity index (χ0) is 11.4. The van der Waals surface area contributed by atoms with E-state index >= 15 is 0 Å². The normalized spacial score (nSPS) is 9.87. The predicted molar refractivity (Wildman–Crippen MR) is 61.7 cm³/mol. The predicted octanol–water partition coefficient (Wildman–Crippen LogP) is 3.31. The number of hydrogen-bond donors (Lipinski definition) is 0. The number of halogens is 3. The minimum Gasteiger partial charge on any atom is -0.479 e. The van der Waals surface area contributed by atoms with E-state index in [0.29, 0.717) is 20.3 Å². The van der Waals surface area contributed by atoms with E-state index in [4.69, 9.17) is 27.9 Å². The van der Waals surface area contributed by atoms with E-state index in [0.717, 1.165) is 0 Å². The van der Waals surface area contributed by atoms with Crippen LogP contribution in [0.4, 0.5) is 0 Å². The van der Waals surface area contributed by atoms with Crippen LogP contribution in [0.5, 0.6) is 5.75 Å². The minimum absolute atomic E-state index is 0.198. The van der Waals surface area contributed by atoms with Crippen molar-refractivity contribution in [2.45, 2.75) is 0 Å². The third kappa shape index (κ3) is 3.55. The molecule has 0 heterocycles. The second-order valence-electron chi connectivity index (χ2n) is 2.56. The Hall–Kier alpha value is -0.450. The summed E-state index contributed by atoms with van der Waals surface area (Å²) >= 11 is 14.8. The summed E-state index contributed by atoms with van der Waals surface area (Å²) < 4.78 is 10.2. The van der Waals surface area contributed by atoms with Gasteiger partial charge < -0.3 is 9.47 Å². The molecule has 1 rings (SSSR count). The lowest BCUT2D eigenvalue weighted by molar-refractivity contribution is -0.142. The third-order valence-electron chi connectivity index (χ3n) is 1.53. The number of carbonyl (C=O) groups is 1. The molecule has 0 aliphatic rings. The monoisotopic (exact) mass is 312 g/mol. The largest absolute Gasteiger partial charge is 0.479 e. The Balaban J connectivity index is 2.81. The summed E-state index contributed by atoms with van der Waals surface area (Å²) in [6.07, 6.45) is 0. The highest BCUT2D eigenvalue weighted by atomic mass is 79.9. The molecule has 0 bridgehead atoms. The zero-order valence-electron chi connectivity index (χ0n) is 7.72. The summed E-state index contributed by atoms with van der Waals surface area (Å²) in [5.74, 6) is -0.112. The molecule has 0 unspecified atom stereocenters. The molecule has 3 nitrogen and oxygen atoms in total. The molecule has 0 amide bonds. The van der Waals surface area contributed by atoms with Crippen molar-refractivity contribution < 1.29 is 14.3 Å². The molecule has 0 aliphatic heterocycles. The van der Waals surface area contributed by atoms with Crippen molar-refractivity contribution in [3.8, 4) is 5.75 Å². The van der Waals surface area contributed by atoms with Gasteiger partial charge in [0.25, 0.3) is 0 Å². The molecule has 0 aliphatic carbocycles. The first-order valence-corrected chi connectivity index (χ1v) is 5.43. The van der Waals surface area contributed by atoms with Crippen LogP contribution in [0.25, 0.3) is 0 Å². The number of esters is 1. The maximum atomic E-state index is 10.8. The van der Waals surface area contributed by atoms with Gasteiger partial charge in [0.1, 0.15) is 0 Å². The smallest absolute Gasteiger partial charge is 0.343 e. The Morgan fingerprint density at radius 1 is 1.47 bits per heavy atom. The van der Waals surface area contributed by atoms with Gasteiger partial charge in [-0.1, -0.05) is 23.2 Å². The van der Waals surface area contributed by atoms with Gasteiger partial charge in [-0.05, 0) is 28.1 Å². The van der Waals surface area contributed by atoms with Crippen LogP contribution in [0.1, 0.15) is 0 Å². The van der Waals surface area contributed by atoms with E-state index < -0.39 is 5.97 Å². The van der Waals surface area contributed by atoms with Crippen molar-refractivity contribution in [1.82, 2.24) is 0 Å². The molecular formula is C9H7BrCl2O3. The minimum atomic E-state index is -0.479. The SMILES string of the molecule is COC(=O)COc1c(Cl)cc(Cl)cc1Br. The van der Waals surface area contributed by atoms with Gasteiger partial charge in [0.05, 0.1) is 16.6 Å². The van der Waals surface area contributed by atoms with Crippen molar-refractivity contribution in [3.05, 3.63) is 26.7 Å². The van der Waals surface area contributed by atoms with Crippen molar-refractivity contribution >= 4 is 45.1 Å². The van der Waals surface area contributed by atoms with Crippen molar-refractivity contribution in [2.75, 3.05) is 13.7 Å². The molecule has 0 N–H and O–H groups in total. The van der Waals surface area contributed by atoms with Crippen molar-refractivity contribution in [1.29, 1.82) is 0 Å². The molecule has 0 atom stereocenters. The molecule has 15 heavy (non-hydrogen) atoms. The maximum Gasteiger partial charge on any atom is 0.343 e. The highest BCUT2D eigenvalue weighted by Crippen LogP contribution is 2.35. The summed E-state index contributed by atoms with van der Waals surface area (Å²) in [4.78, 5) is 10.8. The highest BCUT2D eigenvalue weighted by Gasteiger charge is 2.10. The van der Waals surface area contributed by atoms with E-state index in [1.54, 1.807) is 6.07 Å². The van der Waals surface area contributed by atoms with Crippen LogP contribution in [0.15, 0.2) is 16.6 Å². The molecule has 6 heteroatoms. The fourth-order valence-electron chi connectivity index (χ4n) is 0.857. The molecule has 0 fully saturated rings. The third-order valence-corrected chi connectivity index (χ3v) is 2.61. The van der Waals surface area contributed by atoms with Crippen LogP contribution >= 0.6 is 39.1 Å². The van der Waals surface area contributed by atoms with Crippen molar-refractivity contribution in [3.63, 3.8) is 0 Å². The molecule has 0 spiro atoms. The van der Waals surface area contributed by atoms with Gasteiger partial charge in [-0.15, -0.1) is 0 Å². The first-order chi connectivity index (χ1) is 7.04. The Bertz CT molecular complexity index is 359. The fraction of sp³-hybridized carbons (Fsp3) is 0.222. The highest BCUT2D eigenvalue weighted by molar-refractivity contribution is 9.10. The molecule has 82 valence electrons. The first kappa shape index (κ1) is 12.6. The second-order valence-corrected chi connectivity index (χ2v) is 4.26. The number of rotatable bonds is 3. The number of methoxy groups -OCH3 is 1. The Morgan fingerprint density at radius 2 is 2.13 bits per heavy atom. The summed E-state index contributed by atoms with van der Waals surface area (Å²) in [7, 11) is 1.28. The van der Waals surface area contributed by atoms with Gasteiger partial charge in [-0.2, -0.15) is 0 Å². The van der Waals surface area contributed by atoms with Gasteiger partial charge in [0, 0.05) is 5.02 Å². The van der Waals surface area contributed by atoms with Crippen LogP contribution in [0.3, 0.4) is 0 Å². The summed E-state index contributed by atoms with van der Waals surface area (Å²) in [6, 6.07) is 3.15. The van der Waals surface area contributed by atoms with Crippen LogP contribution in [0.2, 0.25) is 10.0 Å². The van der Waals surface area contributed by atoms with Gasteiger partial charge in [0.2, 0.25) is 0 Å². The molecule has 0 aromatic heterocycles. The first-order valence-electron chi connectivity index (χ1n) is 3.88.